The van der Waals surface area contributed by atoms with Crippen LogP contribution < -0.4 is 5.32 Å². The van der Waals surface area contributed by atoms with Gasteiger partial charge in [-0.1, -0.05) is 25.1 Å². The summed E-state index contributed by atoms with van der Waals surface area (Å²) in [5, 5.41) is 3.97. The van der Waals surface area contributed by atoms with E-state index in [2.05, 4.69) is 47.7 Å². The number of nitrogens with two attached hydrogens (primary N) is 1. The Balaban J connectivity index is 1.52. The second-order valence-corrected chi connectivity index (χ2v) is 6.15. The highest BCUT2D eigenvalue weighted by atomic mass is 14.9. The molecule has 0 unspecified atom stereocenters. The Morgan fingerprint density at radius 2 is 1.95 bits per heavy atom. The van der Waals surface area contributed by atoms with E-state index in [-0.39, 0.29) is 0 Å². The molecule has 1 aliphatic carbocycles. The number of para-hydroxylation sites is 1. The van der Waals surface area contributed by atoms with Crippen molar-refractivity contribution in [1.29, 1.82) is 0 Å². The third kappa shape index (κ3) is 3.01. The fraction of sp³-hybridized carbons (Fsp3) is 0.529. The second-order valence-electron chi connectivity index (χ2n) is 6.15. The van der Waals surface area contributed by atoms with Crippen LogP contribution in [0.25, 0.3) is 10.9 Å². The molecule has 1 fully saturated rings. The fourth-order valence-corrected chi connectivity index (χ4v) is 3.33. The summed E-state index contributed by atoms with van der Waals surface area (Å²) >= 11 is 0. The Hall–Kier alpha value is -1.28. The van der Waals surface area contributed by atoms with Crippen molar-refractivity contribution in [2.75, 3.05) is 6.54 Å². The molecule has 19 heavy (non-hydrogen) atoms. The van der Waals surface area contributed by atoms with E-state index < -0.39 is 0 Å². The molecule has 1 aromatic heterocycles. The number of hydrogen-bond acceptors (Lipinski definition) is 0. The minimum Gasteiger partial charge on any atom is -0.361 e. The molecule has 3 N–H and O–H groups in total. The van der Waals surface area contributed by atoms with Gasteiger partial charge in [0.15, 0.2) is 0 Å². The average Bonchev–Trinajstić information content (AvgIpc) is 2.85. The lowest BCUT2D eigenvalue weighted by molar-refractivity contribution is -0.691. The van der Waals surface area contributed by atoms with Crippen LogP contribution in [-0.2, 0) is 6.42 Å². The molecule has 2 aromatic rings. The van der Waals surface area contributed by atoms with E-state index in [1.54, 1.807) is 0 Å². The van der Waals surface area contributed by atoms with Gasteiger partial charge in [0.1, 0.15) is 0 Å². The Morgan fingerprint density at radius 1 is 1.16 bits per heavy atom. The quantitative estimate of drug-likeness (QED) is 0.844. The van der Waals surface area contributed by atoms with E-state index in [1.807, 2.05) is 0 Å². The van der Waals surface area contributed by atoms with Crippen molar-refractivity contribution in [3.63, 3.8) is 0 Å². The summed E-state index contributed by atoms with van der Waals surface area (Å²) < 4.78 is 0. The molecule has 2 heteroatoms. The zero-order valence-corrected chi connectivity index (χ0v) is 11.9. The summed E-state index contributed by atoms with van der Waals surface area (Å²) in [4.78, 5) is 3.37. The first-order valence-electron chi connectivity index (χ1n) is 7.71. The van der Waals surface area contributed by atoms with Crippen LogP contribution in [0.5, 0.6) is 0 Å². The highest BCUT2D eigenvalue weighted by Crippen LogP contribution is 2.21. The Labute approximate surface area is 115 Å². The summed E-state index contributed by atoms with van der Waals surface area (Å²) in [6.45, 7) is 3.61. The van der Waals surface area contributed by atoms with Crippen molar-refractivity contribution in [2.45, 2.75) is 45.1 Å². The first-order chi connectivity index (χ1) is 9.33. The van der Waals surface area contributed by atoms with Gasteiger partial charge in [-0.15, -0.1) is 0 Å². The molecule has 0 aliphatic heterocycles. The van der Waals surface area contributed by atoms with E-state index in [9.17, 15) is 0 Å². The lowest BCUT2D eigenvalue weighted by atomic mass is 9.87. The second kappa shape index (κ2) is 5.79. The highest BCUT2D eigenvalue weighted by Gasteiger charge is 2.20. The van der Waals surface area contributed by atoms with Crippen LogP contribution in [0, 0.1) is 5.92 Å². The standard InChI is InChI=1S/C17H24N2/c1-13-6-8-15(9-7-13)18-11-10-14-12-19-17-5-3-2-4-16(14)17/h2-5,12-13,15,18-19H,6-11H2,1H3/p+1. The van der Waals surface area contributed by atoms with E-state index in [0.29, 0.717) is 0 Å². The Bertz CT molecular complexity index is 521. The maximum atomic E-state index is 3.37. The van der Waals surface area contributed by atoms with E-state index in [0.717, 1.165) is 12.0 Å². The van der Waals surface area contributed by atoms with Crippen molar-refractivity contribution in [3.05, 3.63) is 36.0 Å². The Morgan fingerprint density at radius 3 is 2.79 bits per heavy atom. The number of aromatic nitrogens is 1. The molecule has 0 saturated heterocycles. The number of hydrogen-bond donors (Lipinski definition) is 2. The molecule has 0 atom stereocenters. The molecule has 0 bridgehead atoms. The van der Waals surface area contributed by atoms with Crippen LogP contribution in [0.4, 0.5) is 0 Å². The molecule has 3 rings (SSSR count). The van der Waals surface area contributed by atoms with E-state index in [1.165, 1.54) is 55.1 Å². The minimum absolute atomic E-state index is 0.876. The van der Waals surface area contributed by atoms with Crippen LogP contribution in [0.1, 0.15) is 38.2 Å². The third-order valence-corrected chi connectivity index (χ3v) is 4.65. The molecule has 0 spiro atoms. The highest BCUT2D eigenvalue weighted by molar-refractivity contribution is 5.82. The Kier molecular flexibility index (Phi) is 3.88. The zero-order valence-electron chi connectivity index (χ0n) is 11.9. The molecule has 0 radical (unpaired) electrons. The largest absolute Gasteiger partial charge is 0.361 e. The molecular weight excluding hydrogens is 232 g/mol. The third-order valence-electron chi connectivity index (χ3n) is 4.65. The van der Waals surface area contributed by atoms with Crippen LogP contribution >= 0.6 is 0 Å². The number of quaternary nitrogens is 1. The molecule has 102 valence electrons. The van der Waals surface area contributed by atoms with E-state index in [4.69, 9.17) is 0 Å². The number of aromatic amines is 1. The normalized spacial score (nSPS) is 23.8. The van der Waals surface area contributed by atoms with Gasteiger partial charge < -0.3 is 10.3 Å². The predicted octanol–water partition coefficient (Wildman–Crippen LogP) is 2.85. The fourth-order valence-electron chi connectivity index (χ4n) is 3.33. The molecule has 1 aliphatic rings. The molecule has 0 amide bonds. The van der Waals surface area contributed by atoms with E-state index >= 15 is 0 Å². The van der Waals surface area contributed by atoms with Gasteiger partial charge in [-0.2, -0.15) is 0 Å². The van der Waals surface area contributed by atoms with Gasteiger partial charge in [0, 0.05) is 23.5 Å². The van der Waals surface area contributed by atoms with Gasteiger partial charge in [0.05, 0.1) is 12.6 Å². The van der Waals surface area contributed by atoms with Crippen molar-refractivity contribution in [2.24, 2.45) is 5.92 Å². The molecule has 1 saturated carbocycles. The first-order valence-corrected chi connectivity index (χ1v) is 7.71. The molecule has 2 nitrogen and oxygen atoms in total. The number of benzene rings is 1. The van der Waals surface area contributed by atoms with Gasteiger partial charge in [0.25, 0.3) is 0 Å². The SMILES string of the molecule is CC1CCC([NH2+]CCc2c[nH]c3ccccc23)CC1. The monoisotopic (exact) mass is 257 g/mol. The number of fused-ring (bicyclic) bond motifs is 1. The molecule has 1 heterocycles. The summed E-state index contributed by atoms with van der Waals surface area (Å²) in [7, 11) is 0. The summed E-state index contributed by atoms with van der Waals surface area (Å²) in [6, 6.07) is 9.49. The van der Waals surface area contributed by atoms with Crippen LogP contribution in [0.2, 0.25) is 0 Å². The van der Waals surface area contributed by atoms with Crippen molar-refractivity contribution < 1.29 is 5.32 Å². The van der Waals surface area contributed by atoms with Gasteiger partial charge in [0.2, 0.25) is 0 Å². The van der Waals surface area contributed by atoms with Crippen molar-refractivity contribution in [1.82, 2.24) is 4.98 Å². The summed E-state index contributed by atoms with van der Waals surface area (Å²) in [5.74, 6) is 0.957. The number of H-pyrrole nitrogens is 1. The number of nitrogens with one attached hydrogen (secondary N) is 1. The van der Waals surface area contributed by atoms with Gasteiger partial charge in [-0.3, -0.25) is 0 Å². The van der Waals surface area contributed by atoms with Crippen LogP contribution in [0.3, 0.4) is 0 Å². The van der Waals surface area contributed by atoms with Crippen molar-refractivity contribution in [3.8, 4) is 0 Å². The summed E-state index contributed by atoms with van der Waals surface area (Å²) in [6.07, 6.45) is 9.03. The van der Waals surface area contributed by atoms with Crippen molar-refractivity contribution >= 4 is 10.9 Å². The topological polar surface area (TPSA) is 32.4 Å². The smallest absolute Gasteiger partial charge is 0.0859 e. The molecule has 1 aromatic carbocycles. The first kappa shape index (κ1) is 12.7. The zero-order chi connectivity index (χ0) is 13.1. The lowest BCUT2D eigenvalue weighted by Crippen LogP contribution is -2.90. The van der Waals surface area contributed by atoms with Gasteiger partial charge >= 0.3 is 0 Å². The van der Waals surface area contributed by atoms with Gasteiger partial charge in [-0.05, 0) is 43.2 Å². The minimum atomic E-state index is 0.876. The lowest BCUT2D eigenvalue weighted by Gasteiger charge is -2.24. The van der Waals surface area contributed by atoms with Gasteiger partial charge in [-0.25, -0.2) is 0 Å². The summed E-state index contributed by atoms with van der Waals surface area (Å²) in [5.41, 5.74) is 2.74. The predicted molar refractivity (Wildman–Crippen MR) is 80.2 cm³/mol. The molecular formula is C17H25N2+. The maximum Gasteiger partial charge on any atom is 0.0859 e. The average molecular weight is 257 g/mol. The van der Waals surface area contributed by atoms with Crippen LogP contribution in [-0.4, -0.2) is 17.6 Å². The van der Waals surface area contributed by atoms with Crippen LogP contribution in [0.15, 0.2) is 30.5 Å². The maximum absolute atomic E-state index is 3.37. The number of rotatable bonds is 4.